The number of hydrogen-bond acceptors (Lipinski definition) is 6. The highest BCUT2D eigenvalue weighted by Gasteiger charge is 2.27. The lowest BCUT2D eigenvalue weighted by atomic mass is 9.89. The lowest BCUT2D eigenvalue weighted by Gasteiger charge is -2.24. The van der Waals surface area contributed by atoms with Gasteiger partial charge in [-0.05, 0) is 41.4 Å². The van der Waals surface area contributed by atoms with Gasteiger partial charge in [0, 0.05) is 25.2 Å². The molecule has 0 aliphatic rings. The molecule has 9 heteroatoms. The van der Waals surface area contributed by atoms with Gasteiger partial charge in [0.1, 0.15) is 18.9 Å². The number of likely N-dealkylation sites (N-methyl/N-ethyl adjacent to an activating group) is 1. The van der Waals surface area contributed by atoms with Gasteiger partial charge in [0.25, 0.3) is 0 Å². The van der Waals surface area contributed by atoms with Crippen LogP contribution in [0.1, 0.15) is 204 Å². The molecule has 0 aromatic heterocycles. The first-order chi connectivity index (χ1) is 26.7. The largest absolute Gasteiger partial charge is 0.472 e. The summed E-state index contributed by atoms with van der Waals surface area (Å²) in [4.78, 5) is 36.5. The summed E-state index contributed by atoms with van der Waals surface area (Å²) in [5, 5.41) is 0. The van der Waals surface area contributed by atoms with E-state index in [9.17, 15) is 19.0 Å². The molecule has 8 nitrogen and oxygen atoms in total. The fourth-order valence-corrected chi connectivity index (χ4v) is 8.50. The standard InChI is InChI=1S/C48H96NO7P/c1-39(2)22-18-26-41(5)24-16-14-13-15-17-25-45(9)35-48(51)54-37-46(38-56-57(52,53)55-33-32-49(10,11)12)36-47(50)34-44(8)31-21-30-43(7)29-20-28-42(6)27-19-23-40(3)4/h39-46H,13-38H2,1-12H3/p+1/t41-,42-,43-,44-,45+,46+/m0/s1. The van der Waals surface area contributed by atoms with Crippen LogP contribution < -0.4 is 0 Å². The Morgan fingerprint density at radius 2 is 0.912 bits per heavy atom. The Kier molecular flexibility index (Phi) is 32.5. The molecule has 7 atom stereocenters. The summed E-state index contributed by atoms with van der Waals surface area (Å²) in [7, 11) is 1.60. The predicted molar refractivity (Wildman–Crippen MR) is 241 cm³/mol. The third-order valence-electron chi connectivity index (χ3n) is 11.7. The summed E-state index contributed by atoms with van der Waals surface area (Å²) in [5.41, 5.74) is 0. The van der Waals surface area contributed by atoms with Crippen LogP contribution in [0.2, 0.25) is 0 Å². The predicted octanol–water partition coefficient (Wildman–Crippen LogP) is 13.6. The molecule has 57 heavy (non-hydrogen) atoms. The Morgan fingerprint density at radius 3 is 1.39 bits per heavy atom. The molecule has 0 aromatic rings. The quantitative estimate of drug-likeness (QED) is 0.0285. The molecule has 0 bridgehead atoms. The lowest BCUT2D eigenvalue weighted by molar-refractivity contribution is -0.870. The highest BCUT2D eigenvalue weighted by atomic mass is 31.2. The minimum absolute atomic E-state index is 0.0195. The maximum Gasteiger partial charge on any atom is 0.472 e. The van der Waals surface area contributed by atoms with Crippen LogP contribution in [-0.2, 0) is 27.9 Å². The van der Waals surface area contributed by atoms with Gasteiger partial charge >= 0.3 is 13.8 Å². The Hall–Kier alpha value is -0.790. The topological polar surface area (TPSA) is 99.1 Å². The van der Waals surface area contributed by atoms with Crippen LogP contribution >= 0.6 is 7.82 Å². The van der Waals surface area contributed by atoms with Crippen molar-refractivity contribution in [3.63, 3.8) is 0 Å². The van der Waals surface area contributed by atoms with Gasteiger partial charge in [0.15, 0.2) is 0 Å². The molecule has 1 N–H and O–H groups in total. The lowest BCUT2D eigenvalue weighted by Crippen LogP contribution is -2.37. The second-order valence-electron chi connectivity index (χ2n) is 20.7. The summed E-state index contributed by atoms with van der Waals surface area (Å²) in [6.45, 7) is 21.0. The molecule has 0 amide bonds. The first-order valence-corrected chi connectivity index (χ1v) is 25.3. The molecular formula is C48H97NO7P+. The van der Waals surface area contributed by atoms with Crippen LogP contribution in [0.4, 0.5) is 0 Å². The van der Waals surface area contributed by atoms with E-state index in [0.717, 1.165) is 49.4 Å². The average Bonchev–Trinajstić information content (AvgIpc) is 3.08. The first kappa shape index (κ1) is 56.2. The number of hydrogen-bond donors (Lipinski definition) is 1. The zero-order valence-corrected chi connectivity index (χ0v) is 40.7. The normalized spacial score (nSPS) is 16.6. The van der Waals surface area contributed by atoms with Gasteiger partial charge in [-0.1, -0.05) is 184 Å². The van der Waals surface area contributed by atoms with Crippen molar-refractivity contribution in [1.82, 2.24) is 0 Å². The molecular weight excluding hydrogens is 734 g/mol. The van der Waals surface area contributed by atoms with Crippen LogP contribution in [-0.4, -0.2) is 68.6 Å². The molecule has 0 radical (unpaired) electrons. The molecule has 0 saturated carbocycles. The Balaban J connectivity index is 4.74. The highest BCUT2D eigenvalue weighted by molar-refractivity contribution is 7.47. The molecule has 1 unspecified atom stereocenters. The number of carbonyl (C=O) groups excluding carboxylic acids is 2. The fraction of sp³-hybridized carbons (Fsp3) is 0.958. The van der Waals surface area contributed by atoms with Crippen molar-refractivity contribution in [2.45, 2.75) is 204 Å². The molecule has 0 aliphatic carbocycles. The smallest absolute Gasteiger partial charge is 0.465 e. The van der Waals surface area contributed by atoms with Gasteiger partial charge < -0.3 is 14.1 Å². The van der Waals surface area contributed by atoms with Crippen LogP contribution in [0.3, 0.4) is 0 Å². The summed E-state index contributed by atoms with van der Waals surface area (Å²) in [6.07, 6.45) is 24.6. The van der Waals surface area contributed by atoms with Crippen LogP contribution in [0.15, 0.2) is 0 Å². The number of ketones is 1. The number of unbranched alkanes of at least 4 members (excludes halogenated alkanes) is 4. The van der Waals surface area contributed by atoms with Gasteiger partial charge in [-0.15, -0.1) is 0 Å². The highest BCUT2D eigenvalue weighted by Crippen LogP contribution is 2.43. The fourth-order valence-electron chi connectivity index (χ4n) is 7.71. The number of nitrogens with zero attached hydrogens (tertiary/aromatic N) is 1. The third-order valence-corrected chi connectivity index (χ3v) is 12.7. The van der Waals surface area contributed by atoms with Crippen molar-refractivity contribution >= 4 is 19.6 Å². The minimum atomic E-state index is -4.32. The summed E-state index contributed by atoms with van der Waals surface area (Å²) in [5.74, 6) is 3.66. The van der Waals surface area contributed by atoms with Crippen molar-refractivity contribution in [2.75, 3.05) is 47.5 Å². The van der Waals surface area contributed by atoms with Gasteiger partial charge in [-0.2, -0.15) is 0 Å². The van der Waals surface area contributed by atoms with E-state index in [-0.39, 0.29) is 49.8 Å². The summed E-state index contributed by atoms with van der Waals surface area (Å²) >= 11 is 0. The van der Waals surface area contributed by atoms with E-state index < -0.39 is 13.7 Å². The molecule has 0 aromatic carbocycles. The maximum absolute atomic E-state index is 13.3. The van der Waals surface area contributed by atoms with Gasteiger partial charge in [-0.25, -0.2) is 4.57 Å². The Labute approximate surface area is 354 Å². The number of phosphoric acid groups is 1. The second kappa shape index (κ2) is 32.9. The molecule has 0 aliphatic heterocycles. The molecule has 340 valence electrons. The van der Waals surface area contributed by atoms with Gasteiger partial charge in [0.05, 0.1) is 34.4 Å². The van der Waals surface area contributed by atoms with E-state index in [1.165, 1.54) is 96.3 Å². The summed E-state index contributed by atoms with van der Waals surface area (Å²) < 4.78 is 29.5. The van der Waals surface area contributed by atoms with Gasteiger partial charge in [0.2, 0.25) is 0 Å². The Morgan fingerprint density at radius 1 is 0.509 bits per heavy atom. The van der Waals surface area contributed by atoms with E-state index in [1.807, 2.05) is 21.1 Å². The van der Waals surface area contributed by atoms with E-state index in [1.54, 1.807) is 0 Å². The van der Waals surface area contributed by atoms with Crippen molar-refractivity contribution in [2.24, 2.45) is 47.3 Å². The monoisotopic (exact) mass is 831 g/mol. The maximum atomic E-state index is 13.3. The molecule has 0 saturated heterocycles. The molecule has 0 spiro atoms. The zero-order chi connectivity index (χ0) is 43.3. The van der Waals surface area contributed by atoms with E-state index in [2.05, 4.69) is 62.3 Å². The van der Waals surface area contributed by atoms with E-state index >= 15 is 0 Å². The number of rotatable bonds is 39. The van der Waals surface area contributed by atoms with Crippen molar-refractivity contribution in [3.05, 3.63) is 0 Å². The van der Waals surface area contributed by atoms with Crippen molar-refractivity contribution in [1.29, 1.82) is 0 Å². The van der Waals surface area contributed by atoms with Crippen molar-refractivity contribution in [3.8, 4) is 0 Å². The van der Waals surface area contributed by atoms with Gasteiger partial charge in [-0.3, -0.25) is 18.6 Å². The average molecular weight is 831 g/mol. The molecule has 0 rings (SSSR count). The van der Waals surface area contributed by atoms with E-state index in [4.69, 9.17) is 13.8 Å². The van der Waals surface area contributed by atoms with Crippen molar-refractivity contribution < 1.29 is 37.3 Å². The van der Waals surface area contributed by atoms with E-state index in [0.29, 0.717) is 29.8 Å². The number of Topliss-reactive ketones (excluding diaryl/α,β-unsaturated/α-hetero) is 1. The van der Waals surface area contributed by atoms with Crippen LogP contribution in [0.5, 0.6) is 0 Å². The number of carbonyl (C=O) groups is 2. The molecule has 0 heterocycles. The number of phosphoric ester groups is 1. The zero-order valence-electron chi connectivity index (χ0n) is 39.8. The number of ether oxygens (including phenoxy) is 1. The molecule has 0 fully saturated rings. The second-order valence-corrected chi connectivity index (χ2v) is 22.1. The number of esters is 1. The van der Waals surface area contributed by atoms with Crippen LogP contribution in [0.25, 0.3) is 0 Å². The SMILES string of the molecule is CC(C)CCC[C@@H](C)CCCCCCC[C@@H](C)CC(=O)OC[C@H](COP(=O)(O)OCC[N+](C)(C)C)CC(=O)C[C@@H](C)CCC[C@@H](C)CCC[C@@H](C)CCCC(C)C. The first-order valence-electron chi connectivity index (χ1n) is 23.8. The summed E-state index contributed by atoms with van der Waals surface area (Å²) in [6, 6.07) is 0. The third kappa shape index (κ3) is 37.9. The minimum Gasteiger partial charge on any atom is -0.465 e. The Bertz CT molecular complexity index is 1040. The van der Waals surface area contributed by atoms with Crippen LogP contribution in [0, 0.1) is 47.3 Å². The number of quaternary nitrogens is 1.